The maximum absolute atomic E-state index is 9.17. The molecule has 0 rings (SSSR count). The van der Waals surface area contributed by atoms with E-state index in [1.165, 1.54) is 0 Å². The predicted octanol–water partition coefficient (Wildman–Crippen LogP) is 3.56. The van der Waals surface area contributed by atoms with Gasteiger partial charge in [0.25, 0.3) is 0 Å². The number of carbonyl (C=O) groups is 1. The molecule has 0 aromatic carbocycles. The summed E-state index contributed by atoms with van der Waals surface area (Å²) in [5.74, 6) is 0. The molecule has 56 valence electrons. The highest BCUT2D eigenvalue weighted by Crippen LogP contribution is 2.33. The van der Waals surface area contributed by atoms with E-state index in [-0.39, 0.29) is 0 Å². The fourth-order valence-corrected chi connectivity index (χ4v) is 0. The Morgan fingerprint density at radius 2 is 1.56 bits per heavy atom. The van der Waals surface area contributed by atoms with E-state index < -0.39 is 0 Å². The van der Waals surface area contributed by atoms with Gasteiger partial charge in [-0.3, -0.25) is 0 Å². The van der Waals surface area contributed by atoms with E-state index >= 15 is 0 Å². The molecular formula is C5H9I3O. The second-order valence-corrected chi connectivity index (χ2v) is 14.0. The zero-order valence-electron chi connectivity index (χ0n) is 5.33. The smallest absolute Gasteiger partial charge is 0.121 e. The highest BCUT2D eigenvalue weighted by Gasteiger charge is 2.04. The third kappa shape index (κ3) is 74.5. The van der Waals surface area contributed by atoms with Crippen molar-refractivity contribution in [2.45, 2.75) is 19.7 Å². The maximum atomic E-state index is 9.17. The van der Waals surface area contributed by atoms with E-state index in [0.29, 0.717) is 5.86 Å². The normalized spacial score (nSPS) is 9.44. The number of rotatable bonds is 1. The first-order valence-corrected chi connectivity index (χ1v) is 5.65. The first-order valence-electron chi connectivity index (χ1n) is 2.42. The second-order valence-electron chi connectivity index (χ2n) is 1.36. The van der Waals surface area contributed by atoms with Crippen molar-refractivity contribution in [3.8, 4) is 0 Å². The molecule has 4 heteroatoms. The van der Waals surface area contributed by atoms with Crippen LogP contribution in [-0.4, -0.2) is 5.72 Å². The molecule has 0 fully saturated rings. The number of hydrogen-bond acceptors (Lipinski definition) is 1. The van der Waals surface area contributed by atoms with Gasteiger partial charge in [-0.05, 0) is 6.92 Å². The first kappa shape index (κ1) is 13.4. The monoisotopic (exact) mass is 466 g/mol. The average Bonchev–Trinajstić information content (AvgIpc) is 1.61. The molecule has 0 aliphatic rings. The quantitative estimate of drug-likeness (QED) is 0.329. The summed E-state index contributed by atoms with van der Waals surface area (Å²) in [5.41, 5.74) is 0. The third-order valence-corrected chi connectivity index (χ3v) is 0.167. The van der Waals surface area contributed by atoms with Gasteiger partial charge in [0, 0.05) is 6.42 Å². The molecule has 0 amide bonds. The van der Waals surface area contributed by atoms with Crippen LogP contribution in [0.25, 0.3) is 0 Å². The molecule has 0 radical (unpaired) electrons. The molecule has 0 N–H and O–H groups in total. The van der Waals surface area contributed by atoms with Gasteiger partial charge in [0.2, 0.25) is 0 Å². The van der Waals surface area contributed by atoms with Crippen molar-refractivity contribution in [1.29, 1.82) is 0 Å². The Morgan fingerprint density at radius 1 is 1.44 bits per heavy atom. The van der Waals surface area contributed by atoms with E-state index in [1.807, 2.05) is 6.92 Å². The van der Waals surface area contributed by atoms with Crippen molar-refractivity contribution in [1.82, 2.24) is 0 Å². The van der Waals surface area contributed by atoms with Crippen LogP contribution in [0.15, 0.2) is 0 Å². The molecule has 0 aromatic rings. The summed E-state index contributed by atoms with van der Waals surface area (Å²) in [6.07, 6.45) is 1.51. The summed E-state index contributed by atoms with van der Waals surface area (Å²) in [4.78, 5) is 9.17. The molecule has 9 heavy (non-hydrogen) atoms. The van der Waals surface area contributed by atoms with Crippen LogP contribution in [-0.2, 0) is 4.79 Å². The van der Waals surface area contributed by atoms with E-state index in [2.05, 4.69) is 74.7 Å². The van der Waals surface area contributed by atoms with Crippen LogP contribution >= 0.6 is 67.8 Å². The number of halogens is 3. The molecule has 0 saturated heterocycles. The van der Waals surface area contributed by atoms with Crippen LogP contribution in [0.4, 0.5) is 0 Å². The molecule has 0 aromatic heterocycles. The molecule has 0 bridgehead atoms. The molecule has 0 heterocycles. The van der Waals surface area contributed by atoms with Crippen LogP contribution in [0.2, 0.25) is 0 Å². The van der Waals surface area contributed by atoms with Gasteiger partial charge in [0.1, 0.15) is 5.72 Å². The van der Waals surface area contributed by atoms with Crippen molar-refractivity contribution in [3.05, 3.63) is 0 Å². The van der Waals surface area contributed by atoms with E-state index in [0.717, 1.165) is 6.29 Å². The van der Waals surface area contributed by atoms with Gasteiger partial charge in [0.15, 0.2) is 0 Å². The van der Waals surface area contributed by atoms with Crippen LogP contribution in [0, 0.1) is 0 Å². The van der Waals surface area contributed by atoms with Gasteiger partial charge in [-0.1, -0.05) is 74.7 Å². The average molecular weight is 466 g/mol. The number of hydrogen-bond donors (Lipinski definition) is 0. The largest absolute Gasteiger partial charge is 0.303 e. The number of aldehydes is 1. The summed E-state index contributed by atoms with van der Waals surface area (Å²) < 4.78 is 0.410. The lowest BCUT2D eigenvalue weighted by Crippen LogP contribution is -1.82. The Labute approximate surface area is 97.2 Å². The molecule has 0 spiro atoms. The topological polar surface area (TPSA) is 17.1 Å². The lowest BCUT2D eigenvalue weighted by Gasteiger charge is -1.96. The highest BCUT2D eigenvalue weighted by atomic mass is 127. The van der Waals surface area contributed by atoms with Crippen LogP contribution in [0.3, 0.4) is 0 Å². The summed E-state index contributed by atoms with van der Waals surface area (Å²) >= 11 is 7.05. The molecular weight excluding hydrogens is 457 g/mol. The minimum absolute atomic E-state index is 0.410. The number of carbonyl (C=O) groups excluding carboxylic acids is 1. The van der Waals surface area contributed by atoms with Crippen LogP contribution in [0.1, 0.15) is 20.3 Å². The Kier molecular flexibility index (Phi) is 11.9. The minimum Gasteiger partial charge on any atom is -0.303 e. The van der Waals surface area contributed by atoms with Crippen molar-refractivity contribution in [2.24, 2.45) is 0 Å². The molecule has 0 aliphatic heterocycles. The summed E-state index contributed by atoms with van der Waals surface area (Å²) in [6, 6.07) is 0. The molecule has 0 aliphatic carbocycles. The maximum Gasteiger partial charge on any atom is 0.121 e. The summed E-state index contributed by atoms with van der Waals surface area (Å²) in [7, 11) is 0. The van der Waals surface area contributed by atoms with Gasteiger partial charge < -0.3 is 4.79 Å². The minimum atomic E-state index is 0.410. The van der Waals surface area contributed by atoms with E-state index in [9.17, 15) is 4.79 Å². The SMILES string of the molecule is CC(I)(I)I.CCC=O. The Bertz CT molecular complexity index is 61.1. The molecule has 0 saturated carbocycles. The number of alkyl halides is 3. The van der Waals surface area contributed by atoms with Gasteiger partial charge in [-0.2, -0.15) is 0 Å². The first-order chi connectivity index (χ1) is 3.91. The van der Waals surface area contributed by atoms with E-state index in [1.54, 1.807) is 0 Å². The Hall–Kier alpha value is 1.86. The highest BCUT2D eigenvalue weighted by molar-refractivity contribution is 14.3. The zero-order valence-corrected chi connectivity index (χ0v) is 11.8. The van der Waals surface area contributed by atoms with Gasteiger partial charge in [0.05, 0.1) is 0 Å². The van der Waals surface area contributed by atoms with Gasteiger partial charge in [-0.15, -0.1) is 0 Å². The van der Waals surface area contributed by atoms with Gasteiger partial charge in [-0.25, -0.2) is 0 Å². The van der Waals surface area contributed by atoms with Crippen molar-refractivity contribution >= 4 is 74.1 Å². The summed E-state index contributed by atoms with van der Waals surface area (Å²) in [6.45, 7) is 3.96. The lowest BCUT2D eigenvalue weighted by atomic mass is 10.6. The van der Waals surface area contributed by atoms with E-state index in [4.69, 9.17) is 0 Å². The predicted molar refractivity (Wildman–Crippen MR) is 66.8 cm³/mol. The third-order valence-electron chi connectivity index (χ3n) is 0.167. The second kappa shape index (κ2) is 7.96. The molecule has 0 atom stereocenters. The summed E-state index contributed by atoms with van der Waals surface area (Å²) in [5, 5.41) is 0. The molecule has 0 unspecified atom stereocenters. The Balaban J connectivity index is 0. The van der Waals surface area contributed by atoms with Crippen molar-refractivity contribution < 1.29 is 4.79 Å². The van der Waals surface area contributed by atoms with Crippen molar-refractivity contribution in [3.63, 3.8) is 0 Å². The fraction of sp³-hybridized carbons (Fsp3) is 0.800. The zero-order chi connectivity index (χ0) is 7.91. The van der Waals surface area contributed by atoms with Gasteiger partial charge >= 0.3 is 0 Å². The lowest BCUT2D eigenvalue weighted by molar-refractivity contribution is -0.107. The van der Waals surface area contributed by atoms with Crippen LogP contribution in [0.5, 0.6) is 0 Å². The van der Waals surface area contributed by atoms with Crippen LogP contribution < -0.4 is 0 Å². The fourth-order valence-electron chi connectivity index (χ4n) is 0. The standard InChI is InChI=1S/C3H6O.C2H3I3/c1-2-3-4;1-2(3,4)5/h3H,2H2,1H3;1H3. The Morgan fingerprint density at radius 3 is 1.56 bits per heavy atom. The van der Waals surface area contributed by atoms with Crippen molar-refractivity contribution in [2.75, 3.05) is 0 Å². The molecule has 1 nitrogen and oxygen atoms in total.